The van der Waals surface area contributed by atoms with E-state index >= 15 is 0 Å². The number of aromatic nitrogens is 3. The van der Waals surface area contributed by atoms with Crippen LogP contribution in [0.5, 0.6) is 5.75 Å². The monoisotopic (exact) mass is 712 g/mol. The normalized spacial score (nSPS) is 13.7. The minimum Gasteiger partial charge on any atom is -0.494 e. The number of amides is 2. The van der Waals surface area contributed by atoms with Crippen LogP contribution in [0, 0.1) is 0 Å². The van der Waals surface area contributed by atoms with E-state index in [1.807, 2.05) is 31.2 Å². The van der Waals surface area contributed by atoms with Crippen molar-refractivity contribution < 1.29 is 22.7 Å². The van der Waals surface area contributed by atoms with Crippen LogP contribution in [0.2, 0.25) is 0 Å². The molecule has 0 aliphatic carbocycles. The third-order valence-electron chi connectivity index (χ3n) is 7.04. The van der Waals surface area contributed by atoms with E-state index in [0.29, 0.717) is 41.9 Å². The molecule has 1 saturated heterocycles. The summed E-state index contributed by atoms with van der Waals surface area (Å²) in [5.74, 6) is 0.677. The molecule has 0 saturated carbocycles. The second kappa shape index (κ2) is 15.0. The molecule has 5 rings (SSSR count). The number of nitrogens with zero attached hydrogens (tertiary/aromatic N) is 4. The van der Waals surface area contributed by atoms with Gasteiger partial charge in [0.05, 0.1) is 23.8 Å². The van der Waals surface area contributed by atoms with Crippen molar-refractivity contribution in [3.8, 4) is 11.4 Å². The number of nitrogens with one attached hydrogen (secondary N) is 2. The summed E-state index contributed by atoms with van der Waals surface area (Å²) in [5.41, 5.74) is 1.73. The highest BCUT2D eigenvalue weighted by atomic mass is 79.9. The van der Waals surface area contributed by atoms with Crippen LogP contribution in [-0.4, -0.2) is 64.8 Å². The molecule has 0 bridgehead atoms. The molecule has 1 aliphatic rings. The van der Waals surface area contributed by atoms with Gasteiger partial charge in [-0.25, -0.2) is 8.42 Å². The number of hydrogen-bond donors (Lipinski definition) is 2. The maximum Gasteiger partial charge on any atom is 0.251 e. The van der Waals surface area contributed by atoms with Crippen molar-refractivity contribution in [3.63, 3.8) is 0 Å². The van der Waals surface area contributed by atoms with Gasteiger partial charge in [0.15, 0.2) is 11.0 Å². The van der Waals surface area contributed by atoms with Gasteiger partial charge in [0.1, 0.15) is 5.75 Å². The Hall–Kier alpha value is -3.72. The van der Waals surface area contributed by atoms with Crippen LogP contribution < -0.4 is 15.4 Å². The Bertz CT molecular complexity index is 1720. The Kier molecular flexibility index (Phi) is 10.9. The first-order chi connectivity index (χ1) is 21.7. The molecule has 0 unspecified atom stereocenters. The third-order valence-corrected chi connectivity index (χ3v) is 10.4. The Morgan fingerprint density at radius 3 is 2.29 bits per heavy atom. The first kappa shape index (κ1) is 32.7. The summed E-state index contributed by atoms with van der Waals surface area (Å²) in [6.07, 6.45) is 2.73. The van der Waals surface area contributed by atoms with Crippen LogP contribution in [-0.2, 0) is 21.4 Å². The highest BCUT2D eigenvalue weighted by Crippen LogP contribution is 2.25. The predicted molar refractivity (Wildman–Crippen MR) is 176 cm³/mol. The van der Waals surface area contributed by atoms with Crippen molar-refractivity contribution >= 4 is 55.2 Å². The van der Waals surface area contributed by atoms with Gasteiger partial charge in [0, 0.05) is 34.5 Å². The van der Waals surface area contributed by atoms with Crippen LogP contribution in [0.3, 0.4) is 0 Å². The van der Waals surface area contributed by atoms with Crippen molar-refractivity contribution in [1.29, 1.82) is 0 Å². The van der Waals surface area contributed by atoms with E-state index in [1.54, 1.807) is 28.8 Å². The van der Waals surface area contributed by atoms with Crippen LogP contribution in [0.15, 0.2) is 87.3 Å². The van der Waals surface area contributed by atoms with Crippen molar-refractivity contribution in [2.24, 2.45) is 0 Å². The molecule has 2 N–H and O–H groups in total. The smallest absolute Gasteiger partial charge is 0.251 e. The molecule has 14 heteroatoms. The van der Waals surface area contributed by atoms with E-state index in [9.17, 15) is 18.0 Å². The van der Waals surface area contributed by atoms with Crippen LogP contribution in [0.25, 0.3) is 5.69 Å². The summed E-state index contributed by atoms with van der Waals surface area (Å²) in [7, 11) is -3.59. The summed E-state index contributed by atoms with van der Waals surface area (Å²) in [5, 5.41) is 14.8. The Labute approximate surface area is 274 Å². The van der Waals surface area contributed by atoms with Gasteiger partial charge in [-0.2, -0.15) is 4.31 Å². The molecule has 1 aliphatic heterocycles. The first-order valence-corrected chi connectivity index (χ1v) is 17.7. The molecule has 2 amide bonds. The molecule has 1 aromatic heterocycles. The van der Waals surface area contributed by atoms with Gasteiger partial charge in [-0.05, 0) is 92.6 Å². The highest BCUT2D eigenvalue weighted by molar-refractivity contribution is 9.10. The lowest BCUT2D eigenvalue weighted by molar-refractivity contribution is -0.113. The Balaban J connectivity index is 1.25. The number of anilines is 1. The van der Waals surface area contributed by atoms with Gasteiger partial charge in [-0.15, -0.1) is 10.2 Å². The van der Waals surface area contributed by atoms with Crippen molar-refractivity contribution in [3.05, 3.63) is 88.7 Å². The summed E-state index contributed by atoms with van der Waals surface area (Å²) in [6, 6.07) is 20.6. The van der Waals surface area contributed by atoms with E-state index in [0.717, 1.165) is 35.2 Å². The summed E-state index contributed by atoms with van der Waals surface area (Å²) in [4.78, 5) is 25.9. The molecule has 4 aromatic rings. The number of rotatable bonds is 12. The standard InChI is InChI=1S/C31H33BrN6O5S2/c1-2-43-26-14-10-24(11-15-26)34-29(39)21-44-31-36-35-28(38(31)25-12-8-23(32)9-13-25)20-33-30(40)22-6-16-27(17-7-22)45(41,42)37-18-4-3-5-19-37/h6-17H,2-5,18-21H2,1H3,(H,33,40)(H,34,39). The van der Waals surface area contributed by atoms with Gasteiger partial charge in [0.25, 0.3) is 5.91 Å². The molecule has 11 nitrogen and oxygen atoms in total. The zero-order chi connectivity index (χ0) is 31.8. The topological polar surface area (TPSA) is 136 Å². The average molecular weight is 714 g/mol. The summed E-state index contributed by atoms with van der Waals surface area (Å²) < 4.78 is 35.6. The zero-order valence-corrected chi connectivity index (χ0v) is 27.8. The van der Waals surface area contributed by atoms with Crippen LogP contribution in [0.4, 0.5) is 5.69 Å². The second-order valence-electron chi connectivity index (χ2n) is 10.2. The minimum absolute atomic E-state index is 0.0503. The molecular formula is C31H33BrN6O5S2. The fourth-order valence-electron chi connectivity index (χ4n) is 4.78. The molecular weight excluding hydrogens is 680 g/mol. The molecule has 0 spiro atoms. The zero-order valence-electron chi connectivity index (χ0n) is 24.6. The minimum atomic E-state index is -3.59. The lowest BCUT2D eigenvalue weighted by Gasteiger charge is -2.25. The lowest BCUT2D eigenvalue weighted by atomic mass is 10.2. The van der Waals surface area contributed by atoms with E-state index in [1.165, 1.54) is 40.3 Å². The van der Waals surface area contributed by atoms with Crippen molar-refractivity contribution in [2.45, 2.75) is 42.8 Å². The van der Waals surface area contributed by atoms with Gasteiger partial charge in [0.2, 0.25) is 15.9 Å². The van der Waals surface area contributed by atoms with E-state index in [4.69, 9.17) is 4.74 Å². The average Bonchev–Trinajstić information content (AvgIpc) is 3.47. The van der Waals surface area contributed by atoms with E-state index < -0.39 is 10.0 Å². The van der Waals surface area contributed by atoms with Gasteiger partial charge < -0.3 is 15.4 Å². The van der Waals surface area contributed by atoms with Crippen LogP contribution in [0.1, 0.15) is 42.4 Å². The highest BCUT2D eigenvalue weighted by Gasteiger charge is 2.26. The molecule has 0 radical (unpaired) electrons. The molecule has 45 heavy (non-hydrogen) atoms. The third kappa shape index (κ3) is 8.31. The van der Waals surface area contributed by atoms with E-state index in [-0.39, 0.29) is 29.0 Å². The number of thioether (sulfide) groups is 1. The maximum atomic E-state index is 13.0. The fourth-order valence-corrected chi connectivity index (χ4v) is 7.33. The number of sulfonamides is 1. The number of ether oxygens (including phenoxy) is 1. The van der Waals surface area contributed by atoms with E-state index in [2.05, 4.69) is 36.8 Å². The molecule has 236 valence electrons. The Morgan fingerprint density at radius 1 is 0.933 bits per heavy atom. The number of carbonyl (C=O) groups excluding carboxylic acids is 2. The molecule has 2 heterocycles. The largest absolute Gasteiger partial charge is 0.494 e. The first-order valence-electron chi connectivity index (χ1n) is 14.5. The SMILES string of the molecule is CCOc1ccc(NC(=O)CSc2nnc(CNC(=O)c3ccc(S(=O)(=O)N4CCCCC4)cc3)n2-c2ccc(Br)cc2)cc1. The number of carbonyl (C=O) groups is 2. The van der Waals surface area contributed by atoms with Crippen LogP contribution >= 0.6 is 27.7 Å². The second-order valence-corrected chi connectivity index (χ2v) is 14.0. The fraction of sp³-hybridized carbons (Fsp3) is 0.290. The number of hydrogen-bond acceptors (Lipinski definition) is 8. The van der Waals surface area contributed by atoms with Crippen molar-refractivity contribution in [2.75, 3.05) is 30.8 Å². The number of piperidine rings is 1. The predicted octanol–water partition coefficient (Wildman–Crippen LogP) is 5.26. The maximum absolute atomic E-state index is 13.0. The lowest BCUT2D eigenvalue weighted by Crippen LogP contribution is -2.35. The number of benzene rings is 3. The van der Waals surface area contributed by atoms with Gasteiger partial charge in [-0.1, -0.05) is 34.1 Å². The quantitative estimate of drug-likeness (QED) is 0.190. The Morgan fingerprint density at radius 2 is 1.62 bits per heavy atom. The van der Waals surface area contributed by atoms with Crippen molar-refractivity contribution in [1.82, 2.24) is 24.4 Å². The molecule has 3 aromatic carbocycles. The summed E-state index contributed by atoms with van der Waals surface area (Å²) >= 11 is 4.67. The summed E-state index contributed by atoms with van der Waals surface area (Å²) in [6.45, 7) is 3.54. The molecule has 0 atom stereocenters. The van der Waals surface area contributed by atoms with Gasteiger partial charge in [-0.3, -0.25) is 14.2 Å². The number of halogens is 1. The van der Waals surface area contributed by atoms with Gasteiger partial charge >= 0.3 is 0 Å². The molecule has 1 fully saturated rings.